The third-order valence-corrected chi connectivity index (χ3v) is 1.57. The first-order chi connectivity index (χ1) is 5.40. The minimum Gasteiger partial charge on any atom is -0.326 e. The summed E-state index contributed by atoms with van der Waals surface area (Å²) in [7, 11) is 0. The molecule has 0 saturated heterocycles. The van der Waals surface area contributed by atoms with Crippen molar-refractivity contribution in [2.24, 2.45) is 5.73 Å². The van der Waals surface area contributed by atoms with E-state index in [0.29, 0.717) is 6.54 Å². The quantitative estimate of drug-likeness (QED) is 0.782. The lowest BCUT2D eigenvalue weighted by molar-refractivity contribution is 0.927. The van der Waals surface area contributed by atoms with Crippen molar-refractivity contribution < 1.29 is 0 Å². The summed E-state index contributed by atoms with van der Waals surface area (Å²) >= 11 is 0. The minimum absolute atomic E-state index is 0. The number of aromatic nitrogens is 3. The summed E-state index contributed by atoms with van der Waals surface area (Å²) in [4.78, 5) is 4.01. The predicted octanol–water partition coefficient (Wildman–Crippen LogP) is 1.03. The monoisotopic (exact) mass is 220 g/mol. The number of hydrogen-bond acceptors (Lipinski definition) is 3. The molecule has 2 N–H and O–H groups in total. The molecule has 0 amide bonds. The van der Waals surface area contributed by atoms with Crippen molar-refractivity contribution >= 4 is 30.5 Å². The van der Waals surface area contributed by atoms with E-state index in [1.165, 1.54) is 6.33 Å². The molecule has 0 atom stereocenters. The summed E-state index contributed by atoms with van der Waals surface area (Å²) in [6, 6.07) is 3.85. The van der Waals surface area contributed by atoms with Crippen LogP contribution in [0.25, 0.3) is 5.65 Å². The van der Waals surface area contributed by atoms with Gasteiger partial charge < -0.3 is 5.73 Å². The first-order valence-corrected chi connectivity index (χ1v) is 3.38. The smallest absolute Gasteiger partial charge is 0.155 e. The van der Waals surface area contributed by atoms with E-state index < -0.39 is 0 Å². The van der Waals surface area contributed by atoms with Crippen molar-refractivity contribution in [3.05, 3.63) is 30.2 Å². The largest absolute Gasteiger partial charge is 0.326 e. The highest BCUT2D eigenvalue weighted by Crippen LogP contribution is 2.00. The minimum atomic E-state index is 0. The van der Waals surface area contributed by atoms with Crippen LogP contribution in [-0.2, 0) is 6.54 Å². The second-order valence-corrected chi connectivity index (χ2v) is 2.30. The van der Waals surface area contributed by atoms with Crippen LogP contribution in [0, 0.1) is 0 Å². The molecule has 13 heavy (non-hydrogen) atoms. The Bertz CT molecular complexity index is 373. The van der Waals surface area contributed by atoms with Crippen LogP contribution in [0.15, 0.2) is 24.7 Å². The van der Waals surface area contributed by atoms with E-state index >= 15 is 0 Å². The van der Waals surface area contributed by atoms with Gasteiger partial charge in [-0.05, 0) is 11.6 Å². The van der Waals surface area contributed by atoms with Crippen molar-refractivity contribution in [2.45, 2.75) is 6.54 Å². The average molecular weight is 221 g/mol. The third-order valence-electron chi connectivity index (χ3n) is 1.57. The number of fused-ring (bicyclic) bond motifs is 1. The Morgan fingerprint density at radius 3 is 2.77 bits per heavy atom. The molecule has 2 aromatic heterocycles. The Labute approximate surface area is 88.0 Å². The molecule has 2 heterocycles. The Kier molecular flexibility index (Phi) is 4.69. The number of pyridine rings is 1. The van der Waals surface area contributed by atoms with Crippen molar-refractivity contribution in [3.8, 4) is 0 Å². The molecular formula is C7H10Cl2N4. The average Bonchev–Trinajstić information content (AvgIpc) is 2.50. The standard InChI is InChI=1S/C7H8N4.2ClH/c8-3-6-1-2-7-9-5-10-11(7)4-6;;/h1-2,4-5H,3,8H2;2*1H. The van der Waals surface area contributed by atoms with Crippen LogP contribution < -0.4 is 5.73 Å². The molecule has 0 bridgehead atoms. The molecule has 2 rings (SSSR count). The fourth-order valence-electron chi connectivity index (χ4n) is 0.980. The Morgan fingerprint density at radius 2 is 2.08 bits per heavy atom. The van der Waals surface area contributed by atoms with Gasteiger partial charge in [-0.1, -0.05) is 6.07 Å². The van der Waals surface area contributed by atoms with Gasteiger partial charge in [0.05, 0.1) is 0 Å². The highest BCUT2D eigenvalue weighted by atomic mass is 35.5. The first-order valence-electron chi connectivity index (χ1n) is 3.38. The molecule has 2 aromatic rings. The molecular weight excluding hydrogens is 211 g/mol. The summed E-state index contributed by atoms with van der Waals surface area (Å²) in [6.07, 6.45) is 3.40. The predicted molar refractivity (Wildman–Crippen MR) is 55.4 cm³/mol. The summed E-state index contributed by atoms with van der Waals surface area (Å²) in [5.41, 5.74) is 7.36. The molecule has 72 valence electrons. The van der Waals surface area contributed by atoms with E-state index in [1.54, 1.807) is 4.52 Å². The van der Waals surface area contributed by atoms with Gasteiger partial charge in [-0.25, -0.2) is 9.50 Å². The molecule has 0 aliphatic rings. The summed E-state index contributed by atoms with van der Waals surface area (Å²) in [5, 5.41) is 3.98. The third kappa shape index (κ3) is 2.30. The van der Waals surface area contributed by atoms with E-state index in [1.807, 2.05) is 18.3 Å². The van der Waals surface area contributed by atoms with Crippen LogP contribution in [0.3, 0.4) is 0 Å². The Balaban J connectivity index is 0.000000720. The zero-order valence-electron chi connectivity index (χ0n) is 6.75. The van der Waals surface area contributed by atoms with Crippen LogP contribution in [0.1, 0.15) is 5.56 Å². The molecule has 6 heteroatoms. The first kappa shape index (κ1) is 12.2. The van der Waals surface area contributed by atoms with Crippen LogP contribution in [0.2, 0.25) is 0 Å². The highest BCUT2D eigenvalue weighted by molar-refractivity contribution is 5.85. The fourth-order valence-corrected chi connectivity index (χ4v) is 0.980. The van der Waals surface area contributed by atoms with Gasteiger partial charge in [0.1, 0.15) is 6.33 Å². The lowest BCUT2D eigenvalue weighted by atomic mass is 10.3. The molecule has 0 saturated carbocycles. The molecule has 0 aliphatic carbocycles. The lowest BCUT2D eigenvalue weighted by Crippen LogP contribution is -1.98. The van der Waals surface area contributed by atoms with Gasteiger partial charge in [-0.3, -0.25) is 0 Å². The molecule has 0 spiro atoms. The second-order valence-electron chi connectivity index (χ2n) is 2.30. The van der Waals surface area contributed by atoms with Gasteiger partial charge in [0, 0.05) is 12.7 Å². The highest BCUT2D eigenvalue weighted by Gasteiger charge is 1.94. The summed E-state index contributed by atoms with van der Waals surface area (Å²) in [5.74, 6) is 0. The van der Waals surface area contributed by atoms with E-state index in [4.69, 9.17) is 5.73 Å². The SMILES string of the molecule is Cl.Cl.NCc1ccc2ncnn2c1. The zero-order chi connectivity index (χ0) is 7.68. The van der Waals surface area contributed by atoms with Gasteiger partial charge in [0.2, 0.25) is 0 Å². The number of halogens is 2. The van der Waals surface area contributed by atoms with E-state index in [0.717, 1.165) is 11.2 Å². The summed E-state index contributed by atoms with van der Waals surface area (Å²) < 4.78 is 1.71. The van der Waals surface area contributed by atoms with E-state index in [9.17, 15) is 0 Å². The number of nitrogens with two attached hydrogens (primary N) is 1. The Hall–Kier alpha value is -0.840. The van der Waals surface area contributed by atoms with Crippen molar-refractivity contribution in [1.82, 2.24) is 14.6 Å². The van der Waals surface area contributed by atoms with Crippen LogP contribution in [0.5, 0.6) is 0 Å². The number of hydrogen-bond donors (Lipinski definition) is 1. The lowest BCUT2D eigenvalue weighted by Gasteiger charge is -1.95. The van der Waals surface area contributed by atoms with Crippen molar-refractivity contribution in [3.63, 3.8) is 0 Å². The van der Waals surface area contributed by atoms with Gasteiger partial charge >= 0.3 is 0 Å². The molecule has 0 unspecified atom stereocenters. The molecule has 0 radical (unpaired) electrons. The molecule has 4 nitrogen and oxygen atoms in total. The van der Waals surface area contributed by atoms with Crippen LogP contribution in [-0.4, -0.2) is 14.6 Å². The van der Waals surface area contributed by atoms with Gasteiger partial charge in [-0.15, -0.1) is 24.8 Å². The topological polar surface area (TPSA) is 56.2 Å². The van der Waals surface area contributed by atoms with Gasteiger partial charge in [-0.2, -0.15) is 5.10 Å². The maximum Gasteiger partial charge on any atom is 0.155 e. The molecule has 0 aliphatic heterocycles. The normalized spacial score (nSPS) is 9.00. The maximum atomic E-state index is 5.45. The number of rotatable bonds is 1. The van der Waals surface area contributed by atoms with Gasteiger partial charge in [0.25, 0.3) is 0 Å². The molecule has 0 aromatic carbocycles. The maximum absolute atomic E-state index is 5.45. The van der Waals surface area contributed by atoms with Crippen molar-refractivity contribution in [1.29, 1.82) is 0 Å². The zero-order valence-corrected chi connectivity index (χ0v) is 8.38. The second kappa shape index (κ2) is 5.01. The van der Waals surface area contributed by atoms with Crippen LogP contribution in [0.4, 0.5) is 0 Å². The number of nitrogens with zero attached hydrogens (tertiary/aromatic N) is 3. The van der Waals surface area contributed by atoms with E-state index in [-0.39, 0.29) is 24.8 Å². The Morgan fingerprint density at radius 1 is 1.31 bits per heavy atom. The fraction of sp³-hybridized carbons (Fsp3) is 0.143. The van der Waals surface area contributed by atoms with E-state index in [2.05, 4.69) is 10.1 Å². The van der Waals surface area contributed by atoms with Gasteiger partial charge in [0.15, 0.2) is 5.65 Å². The summed E-state index contributed by atoms with van der Waals surface area (Å²) in [6.45, 7) is 0.537. The molecule has 0 fully saturated rings. The van der Waals surface area contributed by atoms with Crippen LogP contribution >= 0.6 is 24.8 Å². The van der Waals surface area contributed by atoms with Crippen molar-refractivity contribution in [2.75, 3.05) is 0 Å².